The number of nitrogens with zero attached hydrogens (tertiary/aromatic N) is 2. The smallest absolute Gasteiger partial charge is 0.338 e. The minimum absolute atomic E-state index is 0.0768. The van der Waals surface area contributed by atoms with E-state index < -0.39 is 12.1 Å². The van der Waals surface area contributed by atoms with Crippen molar-refractivity contribution in [2.45, 2.75) is 33.0 Å². The molecule has 1 aromatic carbocycles. The molecule has 0 bridgehead atoms. The maximum Gasteiger partial charge on any atom is 0.338 e. The molecule has 6 nitrogen and oxygen atoms in total. The lowest BCUT2D eigenvalue weighted by molar-refractivity contribution is 0.0280. The van der Waals surface area contributed by atoms with E-state index in [0.717, 1.165) is 4.88 Å². The average Bonchev–Trinajstić information content (AvgIpc) is 3.26. The molecule has 3 rings (SSSR count). The molecule has 1 unspecified atom stereocenters. The van der Waals surface area contributed by atoms with Crippen LogP contribution in [-0.4, -0.2) is 22.3 Å². The van der Waals surface area contributed by atoms with Gasteiger partial charge in [-0.15, -0.1) is 21.5 Å². The molecule has 0 saturated heterocycles. The summed E-state index contributed by atoms with van der Waals surface area (Å²) in [6.07, 6.45) is -0.562. The van der Waals surface area contributed by atoms with E-state index in [9.17, 15) is 4.79 Å². The minimum Gasteiger partial charge on any atom is -0.491 e. The van der Waals surface area contributed by atoms with Crippen molar-refractivity contribution in [3.63, 3.8) is 0 Å². The van der Waals surface area contributed by atoms with E-state index in [0.29, 0.717) is 17.2 Å². The van der Waals surface area contributed by atoms with E-state index in [1.165, 1.54) is 11.3 Å². The van der Waals surface area contributed by atoms with Gasteiger partial charge in [0.2, 0.25) is 0 Å². The van der Waals surface area contributed by atoms with E-state index in [4.69, 9.17) is 13.9 Å². The molecule has 0 aliphatic heterocycles. The molecule has 0 aliphatic rings. The molecular weight excluding hydrogens is 340 g/mol. The molecule has 3 aromatic rings. The van der Waals surface area contributed by atoms with Crippen LogP contribution in [0.3, 0.4) is 0 Å². The Balaban J connectivity index is 1.64. The summed E-state index contributed by atoms with van der Waals surface area (Å²) < 4.78 is 16.5. The van der Waals surface area contributed by atoms with Gasteiger partial charge < -0.3 is 13.9 Å². The highest BCUT2D eigenvalue weighted by Gasteiger charge is 2.20. The van der Waals surface area contributed by atoms with Crippen LogP contribution in [0.15, 0.2) is 46.2 Å². The lowest BCUT2D eigenvalue weighted by Crippen LogP contribution is -2.10. The maximum atomic E-state index is 12.2. The molecule has 1 atom stereocenters. The van der Waals surface area contributed by atoms with Crippen LogP contribution >= 0.6 is 11.3 Å². The van der Waals surface area contributed by atoms with Crippen molar-refractivity contribution in [3.05, 3.63) is 53.2 Å². The zero-order chi connectivity index (χ0) is 17.8. The summed E-state index contributed by atoms with van der Waals surface area (Å²) >= 11 is 1.50. The SMILES string of the molecule is CC(C)Oc1ccc(C(=O)OC(C)c2nnc(-c3cccs3)o2)cc1. The molecule has 0 fully saturated rings. The Kier molecular flexibility index (Phi) is 5.14. The second-order valence-electron chi connectivity index (χ2n) is 5.66. The first-order valence-electron chi connectivity index (χ1n) is 7.88. The number of hydrogen-bond donors (Lipinski definition) is 0. The topological polar surface area (TPSA) is 74.5 Å². The largest absolute Gasteiger partial charge is 0.491 e. The zero-order valence-electron chi connectivity index (χ0n) is 14.1. The summed E-state index contributed by atoms with van der Waals surface area (Å²) in [6.45, 7) is 5.58. The number of thiophene rings is 1. The fraction of sp³-hybridized carbons (Fsp3) is 0.278. The fourth-order valence-corrected chi connectivity index (χ4v) is 2.76. The molecular formula is C18H18N2O4S. The van der Waals surface area contributed by atoms with Crippen molar-refractivity contribution in [2.24, 2.45) is 0 Å². The predicted molar refractivity (Wildman–Crippen MR) is 93.6 cm³/mol. The van der Waals surface area contributed by atoms with Crippen molar-refractivity contribution in [1.29, 1.82) is 0 Å². The summed E-state index contributed by atoms with van der Waals surface area (Å²) in [5.41, 5.74) is 0.431. The van der Waals surface area contributed by atoms with E-state index in [2.05, 4.69) is 10.2 Å². The molecule has 2 aromatic heterocycles. The molecule has 0 radical (unpaired) electrons. The maximum absolute atomic E-state index is 12.2. The number of benzene rings is 1. The van der Waals surface area contributed by atoms with Crippen molar-refractivity contribution in [1.82, 2.24) is 10.2 Å². The van der Waals surface area contributed by atoms with E-state index in [1.807, 2.05) is 31.4 Å². The van der Waals surface area contributed by atoms with Crippen LogP contribution in [-0.2, 0) is 4.74 Å². The molecule has 0 saturated carbocycles. The summed E-state index contributed by atoms with van der Waals surface area (Å²) in [5.74, 6) is 0.927. The van der Waals surface area contributed by atoms with Gasteiger partial charge in [-0.1, -0.05) is 6.07 Å². The van der Waals surface area contributed by atoms with E-state index in [1.54, 1.807) is 31.2 Å². The Bertz CT molecular complexity index is 825. The van der Waals surface area contributed by atoms with Crippen LogP contribution < -0.4 is 4.74 Å². The first-order chi connectivity index (χ1) is 12.0. The monoisotopic (exact) mass is 358 g/mol. The molecule has 25 heavy (non-hydrogen) atoms. The molecule has 0 N–H and O–H groups in total. The van der Waals surface area contributed by atoms with Crippen molar-refractivity contribution >= 4 is 17.3 Å². The number of carbonyl (C=O) groups is 1. The number of esters is 1. The highest BCUT2D eigenvalue weighted by atomic mass is 32.1. The van der Waals surface area contributed by atoms with Crippen LogP contribution in [0.4, 0.5) is 0 Å². The first kappa shape index (κ1) is 17.2. The molecule has 0 aliphatic carbocycles. The third-order valence-electron chi connectivity index (χ3n) is 3.27. The fourth-order valence-electron chi connectivity index (χ4n) is 2.12. The first-order valence-corrected chi connectivity index (χ1v) is 8.76. The van der Waals surface area contributed by atoms with Gasteiger partial charge in [-0.2, -0.15) is 0 Å². The number of hydrogen-bond acceptors (Lipinski definition) is 7. The van der Waals surface area contributed by atoms with Crippen LogP contribution in [0.25, 0.3) is 10.8 Å². The van der Waals surface area contributed by atoms with Gasteiger partial charge in [-0.3, -0.25) is 0 Å². The lowest BCUT2D eigenvalue weighted by Gasteiger charge is -2.11. The van der Waals surface area contributed by atoms with Crippen LogP contribution in [0.5, 0.6) is 5.75 Å². The normalized spacial score (nSPS) is 12.2. The van der Waals surface area contributed by atoms with Gasteiger partial charge in [-0.05, 0) is 56.5 Å². The van der Waals surface area contributed by atoms with E-state index >= 15 is 0 Å². The summed E-state index contributed by atoms with van der Waals surface area (Å²) in [4.78, 5) is 13.1. The van der Waals surface area contributed by atoms with Crippen LogP contribution in [0.1, 0.15) is 43.1 Å². The Morgan fingerprint density at radius 1 is 1.12 bits per heavy atom. The molecule has 130 valence electrons. The third kappa shape index (κ3) is 4.24. The van der Waals surface area contributed by atoms with Crippen molar-refractivity contribution in [3.8, 4) is 16.5 Å². The lowest BCUT2D eigenvalue weighted by atomic mass is 10.2. The zero-order valence-corrected chi connectivity index (χ0v) is 14.9. The number of carbonyl (C=O) groups excluding carboxylic acids is 1. The average molecular weight is 358 g/mol. The summed E-state index contributed by atoms with van der Waals surface area (Å²) in [6, 6.07) is 10.6. The van der Waals surface area contributed by atoms with Gasteiger partial charge >= 0.3 is 5.97 Å². The second kappa shape index (κ2) is 7.48. The Labute approximate surface area is 149 Å². The van der Waals surface area contributed by atoms with E-state index in [-0.39, 0.29) is 12.0 Å². The number of aromatic nitrogens is 2. The Hall–Kier alpha value is -2.67. The highest BCUT2D eigenvalue weighted by Crippen LogP contribution is 2.26. The molecule has 7 heteroatoms. The number of rotatable bonds is 6. The minimum atomic E-state index is -0.639. The highest BCUT2D eigenvalue weighted by molar-refractivity contribution is 7.13. The van der Waals surface area contributed by atoms with Gasteiger partial charge in [0.15, 0.2) is 6.10 Å². The van der Waals surface area contributed by atoms with Gasteiger partial charge in [0.1, 0.15) is 5.75 Å². The van der Waals surface area contributed by atoms with Crippen LogP contribution in [0, 0.1) is 0 Å². The third-order valence-corrected chi connectivity index (χ3v) is 4.12. The van der Waals surface area contributed by atoms with Crippen molar-refractivity contribution < 1.29 is 18.7 Å². The quantitative estimate of drug-likeness (QED) is 0.604. The summed E-state index contributed by atoms with van der Waals surface area (Å²) in [7, 11) is 0. The van der Waals surface area contributed by atoms with Gasteiger partial charge in [-0.25, -0.2) is 4.79 Å². The predicted octanol–water partition coefficient (Wildman–Crippen LogP) is 4.50. The van der Waals surface area contributed by atoms with Gasteiger partial charge in [0, 0.05) is 0 Å². The Morgan fingerprint density at radius 2 is 1.88 bits per heavy atom. The molecule has 0 spiro atoms. The standard InChI is InChI=1S/C18H18N2O4S/c1-11(2)22-14-8-6-13(7-9-14)18(21)23-12(3)16-19-20-17(24-16)15-5-4-10-25-15/h4-12H,1-3H3. The second-order valence-corrected chi connectivity index (χ2v) is 6.61. The van der Waals surface area contributed by atoms with Crippen LogP contribution in [0.2, 0.25) is 0 Å². The summed E-state index contributed by atoms with van der Waals surface area (Å²) in [5, 5.41) is 9.87. The molecule has 2 heterocycles. The van der Waals surface area contributed by atoms with Crippen molar-refractivity contribution in [2.75, 3.05) is 0 Å². The van der Waals surface area contributed by atoms with Gasteiger partial charge in [0.25, 0.3) is 11.8 Å². The van der Waals surface area contributed by atoms with Gasteiger partial charge in [0.05, 0.1) is 16.5 Å². The number of ether oxygens (including phenoxy) is 2. The molecule has 0 amide bonds. The Morgan fingerprint density at radius 3 is 2.52 bits per heavy atom.